The number of nitrogens with zero attached hydrogens (tertiary/aromatic N) is 1. The lowest BCUT2D eigenvalue weighted by atomic mass is 10.1. The van der Waals surface area contributed by atoms with E-state index in [1.807, 2.05) is 0 Å². The number of nitrogen functional groups attached to an aromatic ring is 1. The van der Waals surface area contributed by atoms with Gasteiger partial charge >= 0.3 is 0 Å². The molecule has 1 saturated heterocycles. The van der Waals surface area contributed by atoms with Gasteiger partial charge in [-0.25, -0.2) is 0 Å². The lowest BCUT2D eigenvalue weighted by molar-refractivity contribution is 0.949. The van der Waals surface area contributed by atoms with Gasteiger partial charge in [0.2, 0.25) is 0 Å². The molecule has 1 heterocycles. The van der Waals surface area contributed by atoms with Crippen molar-refractivity contribution in [1.29, 1.82) is 0 Å². The molecule has 0 spiro atoms. The Labute approximate surface area is 85.7 Å². The molecule has 2 heteroatoms. The SMILES string of the molecule is Cc1cc(C)c(N2CCCC2)c(N)c1. The van der Waals surface area contributed by atoms with E-state index >= 15 is 0 Å². The first-order valence-electron chi connectivity index (χ1n) is 5.30. The minimum atomic E-state index is 0.935. The van der Waals surface area contributed by atoms with Gasteiger partial charge in [0.15, 0.2) is 0 Å². The Bertz CT molecular complexity index is 315. The molecule has 0 amide bonds. The molecule has 1 aliphatic rings. The van der Waals surface area contributed by atoms with Crippen LogP contribution in [-0.2, 0) is 0 Å². The number of hydrogen-bond donors (Lipinski definition) is 1. The Hall–Kier alpha value is -1.18. The van der Waals surface area contributed by atoms with Gasteiger partial charge in [-0.1, -0.05) is 6.07 Å². The highest BCUT2D eigenvalue weighted by atomic mass is 15.2. The van der Waals surface area contributed by atoms with Gasteiger partial charge in [-0.2, -0.15) is 0 Å². The fourth-order valence-electron chi connectivity index (χ4n) is 2.37. The third kappa shape index (κ3) is 1.57. The molecule has 1 aliphatic heterocycles. The third-order valence-corrected chi connectivity index (χ3v) is 2.90. The molecular weight excluding hydrogens is 172 g/mol. The first kappa shape index (κ1) is 9.38. The van der Waals surface area contributed by atoms with E-state index in [0.717, 1.165) is 18.8 Å². The van der Waals surface area contributed by atoms with Crippen LogP contribution in [0.2, 0.25) is 0 Å². The van der Waals surface area contributed by atoms with Crippen LogP contribution in [0.3, 0.4) is 0 Å². The molecule has 14 heavy (non-hydrogen) atoms. The van der Waals surface area contributed by atoms with E-state index in [4.69, 9.17) is 5.73 Å². The summed E-state index contributed by atoms with van der Waals surface area (Å²) in [6, 6.07) is 4.28. The van der Waals surface area contributed by atoms with Crippen molar-refractivity contribution in [3.05, 3.63) is 23.3 Å². The van der Waals surface area contributed by atoms with Gasteiger partial charge in [-0.15, -0.1) is 0 Å². The van der Waals surface area contributed by atoms with Gasteiger partial charge in [0, 0.05) is 13.1 Å². The number of nitrogens with two attached hydrogens (primary N) is 1. The molecule has 0 unspecified atom stereocenters. The summed E-state index contributed by atoms with van der Waals surface area (Å²) in [5.74, 6) is 0. The quantitative estimate of drug-likeness (QED) is 0.689. The summed E-state index contributed by atoms with van der Waals surface area (Å²) in [5, 5.41) is 0. The molecule has 0 radical (unpaired) electrons. The van der Waals surface area contributed by atoms with Crippen LogP contribution >= 0.6 is 0 Å². The van der Waals surface area contributed by atoms with Crippen molar-refractivity contribution in [2.24, 2.45) is 0 Å². The number of anilines is 2. The zero-order valence-corrected chi connectivity index (χ0v) is 9.01. The summed E-state index contributed by atoms with van der Waals surface area (Å²) in [5.41, 5.74) is 10.8. The van der Waals surface area contributed by atoms with Gasteiger partial charge in [-0.3, -0.25) is 0 Å². The summed E-state index contributed by atoms with van der Waals surface area (Å²) < 4.78 is 0. The highest BCUT2D eigenvalue weighted by molar-refractivity contribution is 5.72. The Kier molecular flexibility index (Phi) is 2.36. The van der Waals surface area contributed by atoms with E-state index in [-0.39, 0.29) is 0 Å². The van der Waals surface area contributed by atoms with Crippen LogP contribution in [-0.4, -0.2) is 13.1 Å². The first-order valence-corrected chi connectivity index (χ1v) is 5.30. The van der Waals surface area contributed by atoms with Gasteiger partial charge in [0.25, 0.3) is 0 Å². The lowest BCUT2D eigenvalue weighted by Crippen LogP contribution is -2.20. The Balaban J connectivity index is 2.40. The molecule has 2 N–H and O–H groups in total. The summed E-state index contributed by atoms with van der Waals surface area (Å²) >= 11 is 0. The molecule has 0 bridgehead atoms. The molecule has 2 rings (SSSR count). The summed E-state index contributed by atoms with van der Waals surface area (Å²) in [7, 11) is 0. The minimum absolute atomic E-state index is 0.935. The van der Waals surface area contributed by atoms with Crippen molar-refractivity contribution in [1.82, 2.24) is 0 Å². The Morgan fingerprint density at radius 1 is 1.14 bits per heavy atom. The summed E-state index contributed by atoms with van der Waals surface area (Å²) in [6.45, 7) is 6.57. The standard InChI is InChI=1S/C12H18N2/c1-9-7-10(2)12(11(13)8-9)14-5-3-4-6-14/h7-8H,3-6,13H2,1-2H3. The molecule has 0 aliphatic carbocycles. The topological polar surface area (TPSA) is 29.3 Å². The Morgan fingerprint density at radius 2 is 1.79 bits per heavy atom. The second kappa shape index (κ2) is 3.52. The van der Waals surface area contributed by atoms with Crippen molar-refractivity contribution < 1.29 is 0 Å². The predicted molar refractivity (Wildman–Crippen MR) is 61.8 cm³/mol. The van der Waals surface area contributed by atoms with Gasteiger partial charge in [-0.05, 0) is 43.9 Å². The van der Waals surface area contributed by atoms with E-state index in [2.05, 4.69) is 30.9 Å². The predicted octanol–water partition coefficient (Wildman–Crippen LogP) is 2.49. The second-order valence-electron chi connectivity index (χ2n) is 4.21. The van der Waals surface area contributed by atoms with E-state index in [1.54, 1.807) is 0 Å². The second-order valence-corrected chi connectivity index (χ2v) is 4.21. The fourth-order valence-corrected chi connectivity index (χ4v) is 2.37. The van der Waals surface area contributed by atoms with Crippen molar-refractivity contribution in [2.45, 2.75) is 26.7 Å². The monoisotopic (exact) mass is 190 g/mol. The first-order chi connectivity index (χ1) is 6.68. The van der Waals surface area contributed by atoms with Gasteiger partial charge < -0.3 is 10.6 Å². The molecule has 1 fully saturated rings. The van der Waals surface area contributed by atoms with Crippen LogP contribution in [0.1, 0.15) is 24.0 Å². The highest BCUT2D eigenvalue weighted by Crippen LogP contribution is 2.31. The van der Waals surface area contributed by atoms with E-state index in [0.29, 0.717) is 0 Å². The van der Waals surface area contributed by atoms with Gasteiger partial charge in [0.05, 0.1) is 11.4 Å². The maximum atomic E-state index is 6.06. The van der Waals surface area contributed by atoms with Crippen LogP contribution in [0.5, 0.6) is 0 Å². The number of benzene rings is 1. The average molecular weight is 190 g/mol. The van der Waals surface area contributed by atoms with Crippen molar-refractivity contribution in [3.63, 3.8) is 0 Å². The average Bonchev–Trinajstić information content (AvgIpc) is 2.54. The molecule has 1 aromatic carbocycles. The van der Waals surface area contributed by atoms with E-state index in [9.17, 15) is 0 Å². The number of hydrogen-bond acceptors (Lipinski definition) is 2. The van der Waals surface area contributed by atoms with Crippen LogP contribution in [0.25, 0.3) is 0 Å². The molecule has 76 valence electrons. The van der Waals surface area contributed by atoms with Crippen LogP contribution < -0.4 is 10.6 Å². The highest BCUT2D eigenvalue weighted by Gasteiger charge is 2.16. The number of aryl methyl sites for hydroxylation is 2. The summed E-state index contributed by atoms with van der Waals surface area (Å²) in [6.07, 6.45) is 2.60. The smallest absolute Gasteiger partial charge is 0.0629 e. The zero-order valence-electron chi connectivity index (χ0n) is 9.01. The van der Waals surface area contributed by atoms with Crippen molar-refractivity contribution in [2.75, 3.05) is 23.7 Å². The summed E-state index contributed by atoms with van der Waals surface area (Å²) in [4.78, 5) is 2.41. The third-order valence-electron chi connectivity index (χ3n) is 2.90. The van der Waals surface area contributed by atoms with E-state index < -0.39 is 0 Å². The molecular formula is C12H18N2. The fraction of sp³-hybridized carbons (Fsp3) is 0.500. The van der Waals surface area contributed by atoms with Gasteiger partial charge in [0.1, 0.15) is 0 Å². The zero-order chi connectivity index (χ0) is 10.1. The lowest BCUT2D eigenvalue weighted by Gasteiger charge is -2.22. The van der Waals surface area contributed by atoms with E-state index in [1.165, 1.54) is 29.7 Å². The largest absolute Gasteiger partial charge is 0.397 e. The molecule has 0 atom stereocenters. The normalized spacial score (nSPS) is 16.3. The van der Waals surface area contributed by atoms with Crippen molar-refractivity contribution in [3.8, 4) is 0 Å². The molecule has 2 nitrogen and oxygen atoms in total. The maximum absolute atomic E-state index is 6.06. The van der Waals surface area contributed by atoms with Crippen molar-refractivity contribution >= 4 is 11.4 Å². The van der Waals surface area contributed by atoms with Crippen LogP contribution in [0.15, 0.2) is 12.1 Å². The number of rotatable bonds is 1. The minimum Gasteiger partial charge on any atom is -0.397 e. The molecule has 0 aromatic heterocycles. The van der Waals surface area contributed by atoms with Crippen LogP contribution in [0.4, 0.5) is 11.4 Å². The Morgan fingerprint density at radius 3 is 2.36 bits per heavy atom. The molecule has 0 saturated carbocycles. The maximum Gasteiger partial charge on any atom is 0.0629 e. The van der Waals surface area contributed by atoms with Crippen LogP contribution in [0, 0.1) is 13.8 Å². The molecule has 1 aromatic rings.